The van der Waals surface area contributed by atoms with Gasteiger partial charge in [-0.05, 0) is 37.1 Å². The Morgan fingerprint density at radius 3 is 2.50 bits per heavy atom. The molecule has 2 atom stereocenters. The molecule has 0 aliphatic carbocycles. The fraction of sp³-hybridized carbons (Fsp3) is 0.455. The molecule has 0 fully saturated rings. The number of hydrogen-bond acceptors (Lipinski definition) is 3. The normalized spacial score (nSPS) is 14.9. The van der Waals surface area contributed by atoms with Crippen molar-refractivity contribution in [2.24, 2.45) is 5.73 Å². The van der Waals surface area contributed by atoms with Crippen molar-refractivity contribution in [3.05, 3.63) is 29.3 Å². The van der Waals surface area contributed by atoms with Crippen molar-refractivity contribution in [3.8, 4) is 5.75 Å². The van der Waals surface area contributed by atoms with E-state index in [0.29, 0.717) is 0 Å². The highest BCUT2D eigenvalue weighted by molar-refractivity contribution is 5.35. The van der Waals surface area contributed by atoms with Crippen molar-refractivity contribution in [2.45, 2.75) is 26.0 Å². The second-order valence-electron chi connectivity index (χ2n) is 3.59. The molecular formula is C11H17NO2. The van der Waals surface area contributed by atoms with E-state index in [9.17, 15) is 5.11 Å². The maximum absolute atomic E-state index is 9.76. The van der Waals surface area contributed by atoms with Crippen LogP contribution in [0, 0.1) is 6.92 Å². The SMILES string of the molecule is COc1cc(C)cc(C(O)C(C)N)c1. The molecule has 2 unspecified atom stereocenters. The van der Waals surface area contributed by atoms with Gasteiger partial charge in [-0.2, -0.15) is 0 Å². The fourth-order valence-electron chi connectivity index (χ4n) is 1.37. The first-order chi connectivity index (χ1) is 6.54. The molecule has 1 rings (SSSR count). The number of nitrogens with two attached hydrogens (primary N) is 1. The zero-order valence-corrected chi connectivity index (χ0v) is 8.82. The molecule has 1 aromatic rings. The molecule has 0 aromatic heterocycles. The second-order valence-corrected chi connectivity index (χ2v) is 3.59. The minimum Gasteiger partial charge on any atom is -0.497 e. The maximum Gasteiger partial charge on any atom is 0.119 e. The first-order valence-electron chi connectivity index (χ1n) is 4.64. The van der Waals surface area contributed by atoms with Gasteiger partial charge in [-0.1, -0.05) is 6.07 Å². The zero-order chi connectivity index (χ0) is 10.7. The molecule has 3 heteroatoms. The van der Waals surface area contributed by atoms with Gasteiger partial charge in [-0.25, -0.2) is 0 Å². The van der Waals surface area contributed by atoms with E-state index in [1.807, 2.05) is 19.1 Å². The van der Waals surface area contributed by atoms with E-state index in [2.05, 4.69) is 0 Å². The van der Waals surface area contributed by atoms with Crippen LogP contribution in [0.3, 0.4) is 0 Å². The van der Waals surface area contributed by atoms with Crippen LogP contribution in [0.15, 0.2) is 18.2 Å². The average molecular weight is 195 g/mol. The molecule has 0 saturated carbocycles. The summed E-state index contributed by atoms with van der Waals surface area (Å²) in [4.78, 5) is 0. The van der Waals surface area contributed by atoms with Crippen LogP contribution in [-0.2, 0) is 0 Å². The third-order valence-electron chi connectivity index (χ3n) is 2.15. The number of methoxy groups -OCH3 is 1. The van der Waals surface area contributed by atoms with Crippen LogP contribution in [0.5, 0.6) is 5.75 Å². The summed E-state index contributed by atoms with van der Waals surface area (Å²) in [6, 6.07) is 5.36. The highest BCUT2D eigenvalue weighted by Gasteiger charge is 2.13. The number of aliphatic hydroxyl groups excluding tert-OH is 1. The van der Waals surface area contributed by atoms with Crippen LogP contribution in [0.25, 0.3) is 0 Å². The molecule has 0 spiro atoms. The Balaban J connectivity index is 3.02. The van der Waals surface area contributed by atoms with Crippen LogP contribution in [0.2, 0.25) is 0 Å². The van der Waals surface area contributed by atoms with Crippen molar-refractivity contribution < 1.29 is 9.84 Å². The zero-order valence-electron chi connectivity index (χ0n) is 8.82. The first kappa shape index (κ1) is 11.0. The van der Waals surface area contributed by atoms with E-state index in [0.717, 1.165) is 16.9 Å². The number of benzene rings is 1. The van der Waals surface area contributed by atoms with Gasteiger partial charge in [0.25, 0.3) is 0 Å². The van der Waals surface area contributed by atoms with E-state index in [-0.39, 0.29) is 6.04 Å². The summed E-state index contributed by atoms with van der Waals surface area (Å²) in [5, 5.41) is 9.76. The van der Waals surface area contributed by atoms with Crippen LogP contribution in [0.4, 0.5) is 0 Å². The Morgan fingerprint density at radius 2 is 2.00 bits per heavy atom. The molecule has 0 bridgehead atoms. The van der Waals surface area contributed by atoms with Gasteiger partial charge >= 0.3 is 0 Å². The lowest BCUT2D eigenvalue weighted by molar-refractivity contribution is 0.153. The van der Waals surface area contributed by atoms with Crippen molar-refractivity contribution in [1.82, 2.24) is 0 Å². The topological polar surface area (TPSA) is 55.5 Å². The minimum atomic E-state index is -0.635. The van der Waals surface area contributed by atoms with Crippen LogP contribution in [-0.4, -0.2) is 18.3 Å². The Hall–Kier alpha value is -1.06. The maximum atomic E-state index is 9.76. The monoisotopic (exact) mass is 195 g/mol. The molecule has 0 saturated heterocycles. The Kier molecular flexibility index (Phi) is 3.49. The lowest BCUT2D eigenvalue weighted by atomic mass is 10.0. The second kappa shape index (κ2) is 4.44. The van der Waals surface area contributed by atoms with E-state index >= 15 is 0 Å². The predicted molar refractivity (Wildman–Crippen MR) is 56.3 cm³/mol. The van der Waals surface area contributed by atoms with Crippen molar-refractivity contribution in [1.29, 1.82) is 0 Å². The van der Waals surface area contributed by atoms with Gasteiger partial charge in [0.05, 0.1) is 13.2 Å². The Labute approximate surface area is 84.5 Å². The standard InChI is InChI=1S/C11H17NO2/c1-7-4-9(11(13)8(2)12)6-10(5-7)14-3/h4-6,8,11,13H,12H2,1-3H3. The number of hydrogen-bond donors (Lipinski definition) is 2. The van der Waals surface area contributed by atoms with Crippen molar-refractivity contribution in [2.75, 3.05) is 7.11 Å². The first-order valence-corrected chi connectivity index (χ1v) is 4.64. The molecular weight excluding hydrogens is 178 g/mol. The molecule has 0 aliphatic rings. The van der Waals surface area contributed by atoms with E-state index < -0.39 is 6.10 Å². The molecule has 0 amide bonds. The highest BCUT2D eigenvalue weighted by Crippen LogP contribution is 2.22. The molecule has 78 valence electrons. The smallest absolute Gasteiger partial charge is 0.119 e. The summed E-state index contributed by atoms with van der Waals surface area (Å²) in [6.07, 6.45) is -0.635. The molecule has 0 heterocycles. The van der Waals surface area contributed by atoms with Gasteiger partial charge < -0.3 is 15.6 Å². The molecule has 14 heavy (non-hydrogen) atoms. The van der Waals surface area contributed by atoms with Gasteiger partial charge in [-0.15, -0.1) is 0 Å². The average Bonchev–Trinajstić information content (AvgIpc) is 2.15. The van der Waals surface area contributed by atoms with Gasteiger partial charge in [0.15, 0.2) is 0 Å². The number of rotatable bonds is 3. The van der Waals surface area contributed by atoms with E-state index in [1.54, 1.807) is 20.1 Å². The number of ether oxygens (including phenoxy) is 1. The summed E-state index contributed by atoms with van der Waals surface area (Å²) in [5.41, 5.74) is 7.48. The third kappa shape index (κ3) is 2.47. The number of aryl methyl sites for hydroxylation is 1. The summed E-state index contributed by atoms with van der Waals surface area (Å²) >= 11 is 0. The summed E-state index contributed by atoms with van der Waals surface area (Å²) < 4.78 is 5.11. The molecule has 3 N–H and O–H groups in total. The highest BCUT2D eigenvalue weighted by atomic mass is 16.5. The van der Waals surface area contributed by atoms with E-state index in [1.165, 1.54) is 0 Å². The lowest BCUT2D eigenvalue weighted by Gasteiger charge is -2.16. The summed E-state index contributed by atoms with van der Waals surface area (Å²) in [7, 11) is 1.61. The minimum absolute atomic E-state index is 0.276. The van der Waals surface area contributed by atoms with Gasteiger partial charge in [0, 0.05) is 6.04 Å². The third-order valence-corrected chi connectivity index (χ3v) is 2.15. The summed E-state index contributed by atoms with van der Waals surface area (Å²) in [5.74, 6) is 0.750. The van der Waals surface area contributed by atoms with Gasteiger partial charge in [0.2, 0.25) is 0 Å². The van der Waals surface area contributed by atoms with Crippen LogP contribution in [0.1, 0.15) is 24.2 Å². The van der Waals surface area contributed by atoms with Crippen LogP contribution >= 0.6 is 0 Å². The summed E-state index contributed by atoms with van der Waals surface area (Å²) in [6.45, 7) is 3.74. The van der Waals surface area contributed by atoms with Crippen molar-refractivity contribution in [3.63, 3.8) is 0 Å². The Bertz CT molecular complexity index is 310. The molecule has 0 radical (unpaired) electrons. The Morgan fingerprint density at radius 1 is 1.36 bits per heavy atom. The lowest BCUT2D eigenvalue weighted by Crippen LogP contribution is -2.24. The molecule has 0 aliphatic heterocycles. The van der Waals surface area contributed by atoms with Crippen molar-refractivity contribution >= 4 is 0 Å². The largest absolute Gasteiger partial charge is 0.497 e. The number of aliphatic hydroxyl groups is 1. The van der Waals surface area contributed by atoms with Gasteiger partial charge in [-0.3, -0.25) is 0 Å². The molecule has 1 aromatic carbocycles. The van der Waals surface area contributed by atoms with Crippen LogP contribution < -0.4 is 10.5 Å². The van der Waals surface area contributed by atoms with E-state index in [4.69, 9.17) is 10.5 Å². The van der Waals surface area contributed by atoms with Gasteiger partial charge in [0.1, 0.15) is 5.75 Å². The molecule has 3 nitrogen and oxygen atoms in total. The quantitative estimate of drug-likeness (QED) is 0.766. The fourth-order valence-corrected chi connectivity index (χ4v) is 1.37. The predicted octanol–water partition coefficient (Wildman–Crippen LogP) is 1.38.